The molecule has 0 saturated carbocycles. The van der Waals surface area contributed by atoms with E-state index in [0.717, 1.165) is 44.5 Å². The number of nitrogens with zero attached hydrogens (tertiary/aromatic N) is 4. The second-order valence-corrected chi connectivity index (χ2v) is 9.51. The molecule has 0 spiro atoms. The number of hydrogen-bond donors (Lipinski definition) is 1. The number of anilines is 2. The van der Waals surface area contributed by atoms with Crippen molar-refractivity contribution in [2.75, 3.05) is 16.8 Å². The number of carbonyl (C=O) groups is 2. The molecular weight excluding hydrogens is 446 g/mol. The molecule has 7 nitrogen and oxygen atoms in total. The van der Waals surface area contributed by atoms with Crippen molar-refractivity contribution in [2.45, 2.75) is 26.2 Å². The lowest BCUT2D eigenvalue weighted by molar-refractivity contribution is -0.118. The summed E-state index contributed by atoms with van der Waals surface area (Å²) in [6, 6.07) is 17.5. The number of thiazole rings is 1. The summed E-state index contributed by atoms with van der Waals surface area (Å²) in [5.74, 6) is -0.0461. The summed E-state index contributed by atoms with van der Waals surface area (Å²) in [5, 5.41) is 8.20. The van der Waals surface area contributed by atoms with Gasteiger partial charge >= 0.3 is 0 Å². The summed E-state index contributed by atoms with van der Waals surface area (Å²) in [4.78, 5) is 33.1. The molecule has 5 rings (SSSR count). The number of amides is 2. The number of carbonyl (C=O) groups excluding carboxylic acids is 2. The highest BCUT2D eigenvalue weighted by atomic mass is 32.1. The van der Waals surface area contributed by atoms with Gasteiger partial charge in [0.15, 0.2) is 0 Å². The third kappa shape index (κ3) is 4.63. The fraction of sp³-hybridized carbons (Fsp3) is 0.231. The van der Waals surface area contributed by atoms with Crippen molar-refractivity contribution in [1.29, 1.82) is 0 Å². The highest BCUT2D eigenvalue weighted by Gasteiger charge is 2.25. The predicted molar refractivity (Wildman–Crippen MR) is 134 cm³/mol. The maximum atomic E-state index is 12.9. The van der Waals surface area contributed by atoms with E-state index in [1.54, 1.807) is 4.68 Å². The Bertz CT molecular complexity index is 1360. The second-order valence-electron chi connectivity index (χ2n) is 8.43. The van der Waals surface area contributed by atoms with Crippen molar-refractivity contribution >= 4 is 34.5 Å². The zero-order valence-corrected chi connectivity index (χ0v) is 19.9. The van der Waals surface area contributed by atoms with Crippen LogP contribution in [0.3, 0.4) is 0 Å². The average molecular weight is 472 g/mol. The Morgan fingerprint density at radius 2 is 1.91 bits per heavy atom. The van der Waals surface area contributed by atoms with Crippen molar-refractivity contribution < 1.29 is 9.59 Å². The van der Waals surface area contributed by atoms with E-state index in [-0.39, 0.29) is 18.2 Å². The van der Waals surface area contributed by atoms with E-state index < -0.39 is 0 Å². The van der Waals surface area contributed by atoms with Gasteiger partial charge in [0.05, 0.1) is 18.5 Å². The number of aromatic nitrogens is 3. The van der Waals surface area contributed by atoms with Gasteiger partial charge in [-0.25, -0.2) is 4.98 Å². The lowest BCUT2D eigenvalue weighted by Crippen LogP contribution is -2.30. The van der Waals surface area contributed by atoms with E-state index in [0.29, 0.717) is 18.7 Å². The number of benzene rings is 2. The Morgan fingerprint density at radius 3 is 2.68 bits per heavy atom. The van der Waals surface area contributed by atoms with Crippen LogP contribution in [0.15, 0.2) is 60.8 Å². The molecule has 1 aliphatic rings. The molecule has 3 heterocycles. The van der Waals surface area contributed by atoms with Gasteiger partial charge in [-0.2, -0.15) is 5.10 Å². The second kappa shape index (κ2) is 9.23. The molecule has 0 unspecified atom stereocenters. The van der Waals surface area contributed by atoms with Crippen LogP contribution in [0.2, 0.25) is 0 Å². The first-order valence-corrected chi connectivity index (χ1v) is 12.0. The van der Waals surface area contributed by atoms with Crippen LogP contribution in [-0.2, 0) is 35.9 Å². The summed E-state index contributed by atoms with van der Waals surface area (Å²) >= 11 is 1.49. The van der Waals surface area contributed by atoms with Gasteiger partial charge in [0.2, 0.25) is 11.8 Å². The van der Waals surface area contributed by atoms with Crippen LogP contribution in [0.5, 0.6) is 0 Å². The first-order valence-electron chi connectivity index (χ1n) is 11.2. The highest BCUT2D eigenvalue weighted by Crippen LogP contribution is 2.32. The molecular formula is C26H25N5O2S. The maximum Gasteiger partial charge on any atom is 0.231 e. The zero-order chi connectivity index (χ0) is 23.7. The van der Waals surface area contributed by atoms with Crippen molar-refractivity contribution in [3.63, 3.8) is 0 Å². The van der Waals surface area contributed by atoms with Gasteiger partial charge in [-0.05, 0) is 42.7 Å². The molecule has 0 radical (unpaired) electrons. The third-order valence-corrected chi connectivity index (χ3v) is 7.09. The summed E-state index contributed by atoms with van der Waals surface area (Å²) in [6.07, 6.45) is 3.30. The minimum atomic E-state index is -0.112. The Labute approximate surface area is 202 Å². The quantitative estimate of drug-likeness (QED) is 0.458. The van der Waals surface area contributed by atoms with Crippen LogP contribution >= 0.6 is 11.3 Å². The lowest BCUT2D eigenvalue weighted by Gasteiger charge is -2.18. The Hall–Kier alpha value is -3.78. The minimum Gasteiger partial charge on any atom is -0.326 e. The molecule has 34 heavy (non-hydrogen) atoms. The topological polar surface area (TPSA) is 80.1 Å². The van der Waals surface area contributed by atoms with E-state index in [4.69, 9.17) is 0 Å². The third-order valence-electron chi connectivity index (χ3n) is 5.91. The molecule has 0 saturated heterocycles. The van der Waals surface area contributed by atoms with E-state index in [1.165, 1.54) is 11.3 Å². The van der Waals surface area contributed by atoms with E-state index in [2.05, 4.69) is 15.4 Å². The number of nitrogens with one attached hydrogen (secondary N) is 1. The fourth-order valence-corrected chi connectivity index (χ4v) is 5.19. The van der Waals surface area contributed by atoms with E-state index in [1.807, 2.05) is 79.7 Å². The predicted octanol–water partition coefficient (Wildman–Crippen LogP) is 4.17. The number of rotatable bonds is 6. The molecule has 0 aliphatic carbocycles. The largest absolute Gasteiger partial charge is 0.326 e. The van der Waals surface area contributed by atoms with E-state index in [9.17, 15) is 9.59 Å². The van der Waals surface area contributed by atoms with E-state index >= 15 is 0 Å². The minimum absolute atomic E-state index is 0.0655. The van der Waals surface area contributed by atoms with Gasteiger partial charge in [0, 0.05) is 36.0 Å². The molecule has 0 fully saturated rings. The number of aryl methyl sites for hydroxylation is 2. The normalized spacial score (nSPS) is 12.6. The monoisotopic (exact) mass is 471 g/mol. The molecule has 1 aliphatic heterocycles. The van der Waals surface area contributed by atoms with Gasteiger partial charge in [-0.1, -0.05) is 36.4 Å². The Balaban J connectivity index is 1.27. The molecule has 2 aromatic heterocycles. The standard InChI is InChI=1S/C26H25N5O2S/c1-17-23(34-26(27-17)21-11-12-30(2)29-21)16-24(32)28-20-9-8-19-10-13-31(22(19)15-20)25(33)14-18-6-4-3-5-7-18/h3-9,11-12,15H,10,13-14,16H2,1-2H3,(H,28,32). The van der Waals surface area contributed by atoms with Gasteiger partial charge < -0.3 is 10.2 Å². The summed E-state index contributed by atoms with van der Waals surface area (Å²) in [6.45, 7) is 2.58. The molecule has 0 atom stereocenters. The molecule has 172 valence electrons. The fourth-order valence-electron chi connectivity index (χ4n) is 4.16. The van der Waals surface area contributed by atoms with Crippen LogP contribution in [0.4, 0.5) is 11.4 Å². The summed E-state index contributed by atoms with van der Waals surface area (Å²) in [7, 11) is 1.87. The van der Waals surface area contributed by atoms with Crippen LogP contribution in [0.25, 0.3) is 10.7 Å². The molecule has 2 amide bonds. The van der Waals surface area contributed by atoms with Crippen molar-refractivity contribution in [2.24, 2.45) is 7.05 Å². The molecule has 4 aromatic rings. The summed E-state index contributed by atoms with van der Waals surface area (Å²) in [5.41, 5.74) is 5.34. The van der Waals surface area contributed by atoms with Crippen LogP contribution in [-0.4, -0.2) is 33.1 Å². The van der Waals surface area contributed by atoms with Crippen molar-refractivity contribution in [1.82, 2.24) is 14.8 Å². The maximum absolute atomic E-state index is 12.9. The molecule has 2 aromatic carbocycles. The molecule has 1 N–H and O–H groups in total. The number of hydrogen-bond acceptors (Lipinski definition) is 5. The van der Waals surface area contributed by atoms with Crippen molar-refractivity contribution in [3.05, 3.63) is 82.5 Å². The Morgan fingerprint density at radius 1 is 1.09 bits per heavy atom. The number of fused-ring (bicyclic) bond motifs is 1. The molecule has 8 heteroatoms. The van der Waals surface area contributed by atoms with Crippen LogP contribution in [0.1, 0.15) is 21.7 Å². The lowest BCUT2D eigenvalue weighted by atomic mass is 10.1. The smallest absolute Gasteiger partial charge is 0.231 e. The van der Waals surface area contributed by atoms with Gasteiger partial charge in [0.1, 0.15) is 10.7 Å². The average Bonchev–Trinajstić information content (AvgIpc) is 3.53. The van der Waals surface area contributed by atoms with Gasteiger partial charge in [-0.15, -0.1) is 11.3 Å². The highest BCUT2D eigenvalue weighted by molar-refractivity contribution is 7.15. The Kier molecular flexibility index (Phi) is 5.98. The van der Waals surface area contributed by atoms with Gasteiger partial charge in [0.25, 0.3) is 0 Å². The molecule has 0 bridgehead atoms. The van der Waals surface area contributed by atoms with Crippen LogP contribution in [0, 0.1) is 6.92 Å². The SMILES string of the molecule is Cc1nc(-c2ccn(C)n2)sc1CC(=O)Nc1ccc2c(c1)N(C(=O)Cc1ccccc1)CC2. The van der Waals surface area contributed by atoms with Crippen molar-refractivity contribution in [3.8, 4) is 10.7 Å². The summed E-state index contributed by atoms with van der Waals surface area (Å²) < 4.78 is 1.74. The first-order chi connectivity index (χ1) is 16.5. The van der Waals surface area contributed by atoms with Crippen LogP contribution < -0.4 is 10.2 Å². The first kappa shape index (κ1) is 22.0. The zero-order valence-electron chi connectivity index (χ0n) is 19.1. The van der Waals surface area contributed by atoms with Gasteiger partial charge in [-0.3, -0.25) is 14.3 Å².